The number of nitrogens with zero attached hydrogens (tertiary/aromatic N) is 2. The second-order valence-corrected chi connectivity index (χ2v) is 10.9. The fraction of sp³-hybridized carbons (Fsp3) is 0.194. The van der Waals surface area contributed by atoms with Gasteiger partial charge in [-0.15, -0.1) is 0 Å². The molecular weight excluding hydrogens is 496 g/mol. The number of carbonyl (C=O) groups excluding carboxylic acids is 1. The van der Waals surface area contributed by atoms with Crippen molar-refractivity contribution in [2.45, 2.75) is 24.4 Å². The van der Waals surface area contributed by atoms with E-state index in [0.717, 1.165) is 16.7 Å². The quantitative estimate of drug-likeness (QED) is 0.255. The van der Waals surface area contributed by atoms with E-state index in [1.54, 1.807) is 17.0 Å². The Morgan fingerprint density at radius 1 is 0.684 bits per heavy atom. The summed E-state index contributed by atoms with van der Waals surface area (Å²) in [5.74, 6) is 0.301. The predicted octanol–water partition coefficient (Wildman–Crippen LogP) is 5.16. The number of rotatable bonds is 12. The van der Waals surface area contributed by atoms with Gasteiger partial charge in [0.1, 0.15) is 5.75 Å². The van der Waals surface area contributed by atoms with Crippen LogP contribution in [0.5, 0.6) is 5.75 Å². The Hall–Kier alpha value is -3.94. The van der Waals surface area contributed by atoms with E-state index in [1.165, 1.54) is 23.5 Å². The minimum atomic E-state index is -3.94. The minimum absolute atomic E-state index is 0.122. The Labute approximate surface area is 225 Å². The third-order valence-corrected chi connectivity index (χ3v) is 8.15. The van der Waals surface area contributed by atoms with Crippen molar-refractivity contribution in [1.82, 2.24) is 9.21 Å². The molecule has 0 N–H and O–H groups in total. The topological polar surface area (TPSA) is 66.9 Å². The normalized spacial score (nSPS) is 11.3. The number of amides is 1. The fourth-order valence-corrected chi connectivity index (χ4v) is 5.56. The van der Waals surface area contributed by atoms with E-state index in [1.807, 2.05) is 91.0 Å². The van der Waals surface area contributed by atoms with Crippen LogP contribution in [0.25, 0.3) is 0 Å². The molecule has 7 heteroatoms. The molecule has 0 saturated carbocycles. The maximum Gasteiger partial charge on any atom is 0.243 e. The van der Waals surface area contributed by atoms with Crippen molar-refractivity contribution in [3.05, 3.63) is 132 Å². The van der Waals surface area contributed by atoms with Gasteiger partial charge in [-0.3, -0.25) is 4.79 Å². The van der Waals surface area contributed by atoms with Gasteiger partial charge in [-0.2, -0.15) is 4.31 Å². The van der Waals surface area contributed by atoms with Crippen LogP contribution in [0.3, 0.4) is 0 Å². The van der Waals surface area contributed by atoms with Crippen LogP contribution < -0.4 is 4.74 Å². The Kier molecular flexibility index (Phi) is 9.30. The molecule has 0 aliphatic heterocycles. The lowest BCUT2D eigenvalue weighted by molar-refractivity contribution is -0.132. The first-order valence-corrected chi connectivity index (χ1v) is 13.9. The molecule has 0 aromatic heterocycles. The molecule has 0 atom stereocenters. The van der Waals surface area contributed by atoms with Crippen molar-refractivity contribution >= 4 is 15.9 Å². The van der Waals surface area contributed by atoms with Crippen LogP contribution in [-0.2, 0) is 34.3 Å². The summed E-state index contributed by atoms with van der Waals surface area (Å²) in [6.07, 6.45) is 0.487. The van der Waals surface area contributed by atoms with Crippen molar-refractivity contribution in [2.24, 2.45) is 0 Å². The SMILES string of the molecule is COc1ccc(S(=O)(=O)N(CCc2ccccc2)CC(=O)N(Cc2ccccc2)Cc2ccccc2)cc1. The molecule has 38 heavy (non-hydrogen) atoms. The van der Waals surface area contributed by atoms with Crippen molar-refractivity contribution in [3.63, 3.8) is 0 Å². The van der Waals surface area contributed by atoms with E-state index in [-0.39, 0.29) is 23.9 Å². The summed E-state index contributed by atoms with van der Waals surface area (Å²) in [6, 6.07) is 35.4. The van der Waals surface area contributed by atoms with Crippen LogP contribution in [0.1, 0.15) is 16.7 Å². The van der Waals surface area contributed by atoms with E-state index in [9.17, 15) is 13.2 Å². The third-order valence-electron chi connectivity index (χ3n) is 6.29. The lowest BCUT2D eigenvalue weighted by atomic mass is 10.1. The van der Waals surface area contributed by atoms with Gasteiger partial charge in [-0.1, -0.05) is 91.0 Å². The molecule has 0 saturated heterocycles. The zero-order valence-electron chi connectivity index (χ0n) is 21.4. The Balaban J connectivity index is 1.61. The zero-order valence-corrected chi connectivity index (χ0v) is 22.3. The maximum atomic E-state index is 13.8. The number of benzene rings is 4. The standard InChI is InChI=1S/C31H32N2O4S/c1-37-29-17-19-30(20-18-29)38(35,36)33(22-21-26-11-5-2-6-12-26)25-31(34)32(23-27-13-7-3-8-14-27)24-28-15-9-4-10-16-28/h2-20H,21-25H2,1H3. The maximum absolute atomic E-state index is 13.8. The molecule has 0 heterocycles. The Bertz CT molecular complexity index is 1350. The van der Waals surface area contributed by atoms with Crippen molar-refractivity contribution in [3.8, 4) is 5.75 Å². The van der Waals surface area contributed by atoms with Gasteiger partial charge in [-0.05, 0) is 47.4 Å². The van der Waals surface area contributed by atoms with Crippen molar-refractivity contribution in [1.29, 1.82) is 0 Å². The highest BCUT2D eigenvalue weighted by Crippen LogP contribution is 2.21. The number of ether oxygens (including phenoxy) is 1. The Morgan fingerprint density at radius 3 is 1.63 bits per heavy atom. The number of hydrogen-bond donors (Lipinski definition) is 0. The van der Waals surface area contributed by atoms with Crippen LogP contribution in [0.2, 0.25) is 0 Å². The van der Waals surface area contributed by atoms with Gasteiger partial charge in [0, 0.05) is 19.6 Å². The third kappa shape index (κ3) is 7.31. The van der Waals surface area contributed by atoms with Gasteiger partial charge in [-0.25, -0.2) is 8.42 Å². The van der Waals surface area contributed by atoms with Gasteiger partial charge < -0.3 is 9.64 Å². The highest BCUT2D eigenvalue weighted by Gasteiger charge is 2.28. The summed E-state index contributed by atoms with van der Waals surface area (Å²) >= 11 is 0. The first-order chi connectivity index (χ1) is 18.5. The molecule has 196 valence electrons. The van der Waals surface area contributed by atoms with E-state index >= 15 is 0 Å². The first-order valence-electron chi connectivity index (χ1n) is 12.5. The van der Waals surface area contributed by atoms with Gasteiger partial charge in [0.05, 0.1) is 18.6 Å². The first kappa shape index (κ1) is 27.1. The van der Waals surface area contributed by atoms with Gasteiger partial charge in [0.2, 0.25) is 15.9 Å². The molecule has 0 spiro atoms. The number of carbonyl (C=O) groups is 1. The number of methoxy groups -OCH3 is 1. The van der Waals surface area contributed by atoms with Crippen LogP contribution in [0.4, 0.5) is 0 Å². The highest BCUT2D eigenvalue weighted by atomic mass is 32.2. The molecule has 0 bridgehead atoms. The fourth-order valence-electron chi connectivity index (χ4n) is 4.17. The summed E-state index contributed by atoms with van der Waals surface area (Å²) in [5.41, 5.74) is 2.96. The van der Waals surface area contributed by atoms with E-state index in [2.05, 4.69) is 0 Å². The van der Waals surface area contributed by atoms with E-state index in [0.29, 0.717) is 25.3 Å². The number of hydrogen-bond acceptors (Lipinski definition) is 4. The second kappa shape index (κ2) is 13.0. The molecule has 4 rings (SSSR count). The van der Waals surface area contributed by atoms with Crippen molar-refractivity contribution in [2.75, 3.05) is 20.2 Å². The van der Waals surface area contributed by atoms with Crippen molar-refractivity contribution < 1.29 is 17.9 Å². The van der Waals surface area contributed by atoms with E-state index in [4.69, 9.17) is 4.74 Å². The molecule has 6 nitrogen and oxygen atoms in total. The molecule has 0 unspecified atom stereocenters. The summed E-state index contributed by atoms with van der Waals surface area (Å²) in [4.78, 5) is 15.6. The van der Waals surface area contributed by atoms with Crippen LogP contribution in [0, 0.1) is 0 Å². The number of sulfonamides is 1. The summed E-state index contributed by atoms with van der Waals surface area (Å²) < 4.78 is 34.0. The molecule has 4 aromatic carbocycles. The summed E-state index contributed by atoms with van der Waals surface area (Å²) in [6.45, 7) is 0.669. The van der Waals surface area contributed by atoms with Crippen LogP contribution in [0.15, 0.2) is 120 Å². The Morgan fingerprint density at radius 2 is 1.16 bits per heavy atom. The summed E-state index contributed by atoms with van der Waals surface area (Å²) in [5, 5.41) is 0. The summed E-state index contributed by atoms with van der Waals surface area (Å²) in [7, 11) is -2.41. The van der Waals surface area contributed by atoms with Gasteiger partial charge >= 0.3 is 0 Å². The average molecular weight is 529 g/mol. The smallest absolute Gasteiger partial charge is 0.243 e. The lowest BCUT2D eigenvalue weighted by Gasteiger charge is -2.28. The minimum Gasteiger partial charge on any atom is -0.497 e. The van der Waals surface area contributed by atoms with E-state index < -0.39 is 10.0 Å². The molecule has 4 aromatic rings. The average Bonchev–Trinajstić information content (AvgIpc) is 2.96. The molecular formula is C31H32N2O4S. The molecule has 0 fully saturated rings. The molecule has 0 radical (unpaired) electrons. The second-order valence-electron chi connectivity index (χ2n) is 8.97. The largest absolute Gasteiger partial charge is 0.497 e. The molecule has 0 aliphatic rings. The molecule has 1 amide bonds. The zero-order chi connectivity index (χ0) is 26.8. The van der Waals surface area contributed by atoms with Crippen LogP contribution >= 0.6 is 0 Å². The van der Waals surface area contributed by atoms with Gasteiger partial charge in [0.25, 0.3) is 0 Å². The molecule has 0 aliphatic carbocycles. The van der Waals surface area contributed by atoms with Crippen LogP contribution in [-0.4, -0.2) is 43.7 Å². The lowest BCUT2D eigenvalue weighted by Crippen LogP contribution is -2.43. The monoisotopic (exact) mass is 528 g/mol. The highest BCUT2D eigenvalue weighted by molar-refractivity contribution is 7.89. The van der Waals surface area contributed by atoms with Gasteiger partial charge in [0.15, 0.2) is 0 Å². The predicted molar refractivity (Wildman–Crippen MR) is 149 cm³/mol.